The largest absolute Gasteiger partial charge is 0.545 e. The van der Waals surface area contributed by atoms with Crippen molar-refractivity contribution >= 4 is 44.9 Å². The van der Waals surface area contributed by atoms with Crippen molar-refractivity contribution in [3.63, 3.8) is 0 Å². The Bertz CT molecular complexity index is 788. The molecule has 5 nitrogen and oxygen atoms in total. The van der Waals surface area contributed by atoms with Crippen LogP contribution in [0.1, 0.15) is 10.4 Å². The van der Waals surface area contributed by atoms with E-state index >= 15 is 0 Å². The van der Waals surface area contributed by atoms with Crippen molar-refractivity contribution < 1.29 is 18.3 Å². The molecule has 0 aliphatic heterocycles. The minimum absolute atomic E-state index is 0.0499. The van der Waals surface area contributed by atoms with E-state index in [2.05, 4.69) is 4.72 Å². The van der Waals surface area contributed by atoms with Gasteiger partial charge in [-0.3, -0.25) is 4.72 Å². The zero-order valence-corrected chi connectivity index (χ0v) is 12.7. The fourth-order valence-electron chi connectivity index (χ4n) is 1.59. The standard InChI is InChI=1S/C13H9Cl2NO4S/c14-8-1-4-10(5-2-8)21(19,20)16-12-6-3-9(15)7-11(12)13(17)18/h1-7,16H,(H,17,18)/p-1. The van der Waals surface area contributed by atoms with E-state index in [-0.39, 0.29) is 21.2 Å². The lowest BCUT2D eigenvalue weighted by Crippen LogP contribution is -2.25. The average molecular weight is 345 g/mol. The van der Waals surface area contributed by atoms with Crippen LogP contribution in [0.25, 0.3) is 0 Å². The first kappa shape index (κ1) is 15.6. The van der Waals surface area contributed by atoms with E-state index in [4.69, 9.17) is 23.2 Å². The first-order chi connectivity index (χ1) is 9.79. The molecular weight excluding hydrogens is 337 g/mol. The molecule has 0 unspecified atom stereocenters. The fourth-order valence-corrected chi connectivity index (χ4v) is 2.97. The van der Waals surface area contributed by atoms with Crippen LogP contribution in [-0.2, 0) is 10.0 Å². The number of carboxylic acids is 1. The molecule has 0 aliphatic rings. The number of hydrogen-bond donors (Lipinski definition) is 1. The maximum atomic E-state index is 12.2. The summed E-state index contributed by atoms with van der Waals surface area (Å²) in [7, 11) is -3.94. The summed E-state index contributed by atoms with van der Waals surface area (Å²) < 4.78 is 26.5. The Kier molecular flexibility index (Phi) is 4.41. The Balaban J connectivity index is 2.41. The highest BCUT2D eigenvalue weighted by atomic mass is 35.5. The van der Waals surface area contributed by atoms with Crippen LogP contribution in [0.2, 0.25) is 10.0 Å². The van der Waals surface area contributed by atoms with Crippen molar-refractivity contribution in [1.82, 2.24) is 0 Å². The highest BCUT2D eigenvalue weighted by Gasteiger charge is 2.16. The van der Waals surface area contributed by atoms with E-state index in [9.17, 15) is 18.3 Å². The molecule has 0 saturated carbocycles. The Morgan fingerprint density at radius 1 is 1.00 bits per heavy atom. The molecule has 0 aliphatic carbocycles. The number of anilines is 1. The number of nitrogens with one attached hydrogen (secondary N) is 1. The monoisotopic (exact) mass is 344 g/mol. The van der Waals surface area contributed by atoms with Gasteiger partial charge in [-0.2, -0.15) is 0 Å². The highest BCUT2D eigenvalue weighted by Crippen LogP contribution is 2.23. The quantitative estimate of drug-likeness (QED) is 0.920. The van der Waals surface area contributed by atoms with Gasteiger partial charge in [0.05, 0.1) is 16.6 Å². The second-order valence-corrected chi connectivity index (χ2v) is 6.59. The van der Waals surface area contributed by atoms with Gasteiger partial charge in [0, 0.05) is 15.6 Å². The van der Waals surface area contributed by atoms with Crippen LogP contribution < -0.4 is 9.83 Å². The molecule has 1 N–H and O–H groups in total. The second-order valence-electron chi connectivity index (χ2n) is 4.04. The Morgan fingerprint density at radius 2 is 1.57 bits per heavy atom. The summed E-state index contributed by atoms with van der Waals surface area (Å²) in [5, 5.41) is 11.6. The van der Waals surface area contributed by atoms with Crippen LogP contribution in [0.3, 0.4) is 0 Å². The van der Waals surface area contributed by atoms with Crippen molar-refractivity contribution in [2.24, 2.45) is 0 Å². The summed E-state index contributed by atoms with van der Waals surface area (Å²) in [6.07, 6.45) is 0. The molecule has 0 bridgehead atoms. The van der Waals surface area contributed by atoms with Crippen molar-refractivity contribution in [2.45, 2.75) is 4.90 Å². The predicted molar refractivity (Wildman–Crippen MR) is 78.0 cm³/mol. The zero-order valence-electron chi connectivity index (χ0n) is 10.3. The molecule has 0 atom stereocenters. The minimum Gasteiger partial charge on any atom is -0.545 e. The number of hydrogen-bond acceptors (Lipinski definition) is 4. The van der Waals surface area contributed by atoms with Gasteiger partial charge in [0.1, 0.15) is 0 Å². The van der Waals surface area contributed by atoms with Gasteiger partial charge >= 0.3 is 0 Å². The molecule has 0 fully saturated rings. The lowest BCUT2D eigenvalue weighted by atomic mass is 10.2. The number of aromatic carboxylic acids is 1. The molecule has 0 amide bonds. The summed E-state index contributed by atoms with van der Waals surface area (Å²) in [5.41, 5.74) is -0.477. The number of benzene rings is 2. The van der Waals surface area contributed by atoms with E-state index < -0.39 is 16.0 Å². The smallest absolute Gasteiger partial charge is 0.261 e. The minimum atomic E-state index is -3.94. The summed E-state index contributed by atoms with van der Waals surface area (Å²) >= 11 is 11.4. The Labute approximate surface area is 131 Å². The number of carbonyl (C=O) groups is 1. The maximum absolute atomic E-state index is 12.2. The van der Waals surface area contributed by atoms with Gasteiger partial charge in [0.15, 0.2) is 0 Å². The molecule has 0 spiro atoms. The number of rotatable bonds is 4. The van der Waals surface area contributed by atoms with Crippen LogP contribution in [0.5, 0.6) is 0 Å². The third-order valence-electron chi connectivity index (χ3n) is 2.57. The van der Waals surface area contributed by atoms with E-state index in [0.717, 1.165) is 6.07 Å². The van der Waals surface area contributed by atoms with Crippen molar-refractivity contribution in [1.29, 1.82) is 0 Å². The maximum Gasteiger partial charge on any atom is 0.261 e. The Hall–Kier alpha value is -1.76. The third kappa shape index (κ3) is 3.66. The number of carbonyl (C=O) groups excluding carboxylic acids is 1. The normalized spacial score (nSPS) is 11.1. The number of halogens is 2. The molecule has 0 saturated heterocycles. The third-order valence-corrected chi connectivity index (χ3v) is 4.44. The van der Waals surface area contributed by atoms with Crippen molar-refractivity contribution in [2.75, 3.05) is 4.72 Å². The number of carboxylic acid groups (broad SMARTS) is 1. The summed E-state index contributed by atoms with van der Waals surface area (Å²) in [6, 6.07) is 9.17. The van der Waals surface area contributed by atoms with Gasteiger partial charge in [-0.15, -0.1) is 0 Å². The first-order valence-corrected chi connectivity index (χ1v) is 7.83. The molecule has 0 radical (unpaired) electrons. The van der Waals surface area contributed by atoms with Gasteiger partial charge < -0.3 is 9.90 Å². The van der Waals surface area contributed by atoms with Crippen molar-refractivity contribution in [3.8, 4) is 0 Å². The highest BCUT2D eigenvalue weighted by molar-refractivity contribution is 7.92. The molecule has 8 heteroatoms. The average Bonchev–Trinajstić information content (AvgIpc) is 2.41. The summed E-state index contributed by atoms with van der Waals surface area (Å²) in [4.78, 5) is 11.0. The van der Waals surface area contributed by atoms with Crippen LogP contribution in [0, 0.1) is 0 Å². The number of sulfonamides is 1. The van der Waals surface area contributed by atoms with Crippen LogP contribution in [0.15, 0.2) is 47.4 Å². The second kappa shape index (κ2) is 5.93. The first-order valence-electron chi connectivity index (χ1n) is 5.59. The lowest BCUT2D eigenvalue weighted by molar-refractivity contribution is -0.254. The molecule has 2 aromatic carbocycles. The van der Waals surface area contributed by atoms with Crippen LogP contribution >= 0.6 is 23.2 Å². The van der Waals surface area contributed by atoms with Gasteiger partial charge in [-0.25, -0.2) is 8.42 Å². The van der Waals surface area contributed by atoms with E-state index in [0.29, 0.717) is 5.02 Å². The zero-order chi connectivity index (χ0) is 15.6. The lowest BCUT2D eigenvalue weighted by Gasteiger charge is -2.13. The van der Waals surface area contributed by atoms with Gasteiger partial charge in [0.2, 0.25) is 0 Å². The molecule has 21 heavy (non-hydrogen) atoms. The summed E-state index contributed by atoms with van der Waals surface area (Å²) in [5.74, 6) is -1.54. The van der Waals surface area contributed by atoms with Gasteiger partial charge in [-0.05, 0) is 42.5 Å². The van der Waals surface area contributed by atoms with Gasteiger partial charge in [-0.1, -0.05) is 23.2 Å². The predicted octanol–water partition coefficient (Wildman–Crippen LogP) is 2.16. The molecule has 2 aromatic rings. The van der Waals surface area contributed by atoms with Gasteiger partial charge in [0.25, 0.3) is 10.0 Å². The topological polar surface area (TPSA) is 86.3 Å². The molecule has 110 valence electrons. The van der Waals surface area contributed by atoms with E-state index in [1.165, 1.54) is 36.4 Å². The molecular formula is C13H8Cl2NO4S-. The molecule has 2 rings (SSSR count). The van der Waals surface area contributed by atoms with E-state index in [1.807, 2.05) is 0 Å². The molecule has 0 aromatic heterocycles. The van der Waals surface area contributed by atoms with Crippen molar-refractivity contribution in [3.05, 3.63) is 58.1 Å². The Morgan fingerprint density at radius 3 is 2.14 bits per heavy atom. The SMILES string of the molecule is O=C([O-])c1cc(Cl)ccc1NS(=O)(=O)c1ccc(Cl)cc1. The van der Waals surface area contributed by atoms with E-state index in [1.54, 1.807) is 0 Å². The van der Waals surface area contributed by atoms with Crippen LogP contribution in [-0.4, -0.2) is 14.4 Å². The van der Waals surface area contributed by atoms with Crippen LogP contribution in [0.4, 0.5) is 5.69 Å². The molecule has 0 heterocycles. The fraction of sp³-hybridized carbons (Fsp3) is 0. The summed E-state index contributed by atoms with van der Waals surface area (Å²) in [6.45, 7) is 0.